The van der Waals surface area contributed by atoms with Gasteiger partial charge < -0.3 is 10.4 Å². The van der Waals surface area contributed by atoms with E-state index in [4.69, 9.17) is 0 Å². The van der Waals surface area contributed by atoms with E-state index in [1.807, 2.05) is 18.2 Å². The molecule has 1 aliphatic heterocycles. The normalized spacial score (nSPS) is 17.1. The van der Waals surface area contributed by atoms with Gasteiger partial charge in [-0.15, -0.1) is 10.2 Å². The van der Waals surface area contributed by atoms with Gasteiger partial charge in [0, 0.05) is 18.1 Å². The van der Waals surface area contributed by atoms with Crippen LogP contribution in [-0.2, 0) is 0 Å². The van der Waals surface area contributed by atoms with Crippen LogP contribution in [0, 0.1) is 17.2 Å². The van der Waals surface area contributed by atoms with Crippen LogP contribution in [0.15, 0.2) is 94.3 Å². The van der Waals surface area contributed by atoms with Crippen molar-refractivity contribution < 1.29 is 9.90 Å². The summed E-state index contributed by atoms with van der Waals surface area (Å²) in [5.74, 6) is -1.10. The predicted molar refractivity (Wildman–Crippen MR) is 130 cm³/mol. The van der Waals surface area contributed by atoms with Gasteiger partial charge >= 0.3 is 0 Å². The summed E-state index contributed by atoms with van der Waals surface area (Å²) in [6.45, 7) is 0. The zero-order valence-corrected chi connectivity index (χ0v) is 18.2. The number of amides is 1. The molecular weight excluding hydrogens is 444 g/mol. The first-order valence-corrected chi connectivity index (χ1v) is 10.7. The van der Waals surface area contributed by atoms with E-state index in [2.05, 4.69) is 36.9 Å². The Morgan fingerprint density at radius 2 is 1.89 bits per heavy atom. The van der Waals surface area contributed by atoms with Crippen molar-refractivity contribution in [2.24, 2.45) is 21.2 Å². The number of hydrogen-bond donors (Lipinski definition) is 2. The number of aromatic hydroxyl groups is 1. The van der Waals surface area contributed by atoms with Crippen molar-refractivity contribution in [2.45, 2.75) is 6.17 Å². The molecule has 1 aliphatic rings. The quantitative estimate of drug-likeness (QED) is 0.414. The number of anilines is 2. The molecule has 10 nitrogen and oxygen atoms in total. The maximum absolute atomic E-state index is 13.2. The summed E-state index contributed by atoms with van der Waals surface area (Å²) >= 11 is 0. The molecule has 0 radical (unpaired) electrons. The van der Waals surface area contributed by atoms with Crippen LogP contribution in [0.5, 0.6) is 5.75 Å². The van der Waals surface area contributed by atoms with Crippen LogP contribution in [0.2, 0.25) is 0 Å². The average Bonchev–Trinajstić information content (AvgIpc) is 3.31. The van der Waals surface area contributed by atoms with E-state index in [0.29, 0.717) is 22.3 Å². The molecule has 3 aromatic carbocycles. The van der Waals surface area contributed by atoms with Crippen LogP contribution in [-0.4, -0.2) is 33.6 Å². The molecule has 1 amide bonds. The first-order chi connectivity index (χ1) is 17.2. The Hall–Kier alpha value is -5.17. The molecule has 10 heteroatoms. The van der Waals surface area contributed by atoms with Gasteiger partial charge in [-0.2, -0.15) is 20.6 Å². The highest BCUT2D eigenvalue weighted by Gasteiger charge is 2.33. The van der Waals surface area contributed by atoms with E-state index in [1.165, 1.54) is 17.4 Å². The number of phenols is 1. The summed E-state index contributed by atoms with van der Waals surface area (Å²) in [5, 5.41) is 46.7. The van der Waals surface area contributed by atoms with Crippen LogP contribution in [0.4, 0.5) is 17.2 Å². The van der Waals surface area contributed by atoms with Crippen molar-refractivity contribution in [1.29, 1.82) is 5.26 Å². The van der Waals surface area contributed by atoms with Crippen LogP contribution in [0.1, 0.15) is 10.4 Å². The number of hydrogen-bond acceptors (Lipinski definition) is 9. The van der Waals surface area contributed by atoms with Gasteiger partial charge in [-0.3, -0.25) is 4.79 Å². The predicted octanol–water partition coefficient (Wildman–Crippen LogP) is 4.64. The fourth-order valence-corrected chi connectivity index (χ4v) is 3.74. The van der Waals surface area contributed by atoms with Gasteiger partial charge in [0.25, 0.3) is 5.91 Å². The fourth-order valence-electron chi connectivity index (χ4n) is 3.74. The number of para-hydroxylation sites is 1. The van der Waals surface area contributed by atoms with Gasteiger partial charge in [-0.25, -0.2) is 5.01 Å². The number of benzene rings is 3. The number of phenolic OH excluding ortho intramolecular Hbond substituents is 1. The minimum Gasteiger partial charge on any atom is -0.505 e. The van der Waals surface area contributed by atoms with Crippen LogP contribution >= 0.6 is 0 Å². The number of azo groups is 1. The lowest BCUT2D eigenvalue weighted by molar-refractivity contribution is 0.102. The van der Waals surface area contributed by atoms with E-state index >= 15 is 0 Å². The molecule has 0 aliphatic carbocycles. The first kappa shape index (κ1) is 21.7. The van der Waals surface area contributed by atoms with Crippen LogP contribution < -0.4 is 10.3 Å². The highest BCUT2D eigenvalue weighted by atomic mass is 16.3. The minimum atomic E-state index is -0.816. The Morgan fingerprint density at radius 3 is 2.66 bits per heavy atom. The molecular formula is C25H18N8O2. The third-order valence-electron chi connectivity index (χ3n) is 5.41. The molecule has 2 unspecified atom stereocenters. The SMILES string of the molecule is N#CC1C=NN(c2cccnn2)C1N=Nc1cc2ccccc2c(C(=O)Nc2ccccc2)c1O. The van der Waals surface area contributed by atoms with Gasteiger partial charge in [0.1, 0.15) is 11.6 Å². The molecule has 2 N–H and O–H groups in total. The molecule has 4 aromatic rings. The maximum atomic E-state index is 13.2. The molecule has 35 heavy (non-hydrogen) atoms. The van der Waals surface area contributed by atoms with Gasteiger partial charge in [0.15, 0.2) is 17.7 Å². The Bertz CT molecular complexity index is 1480. The number of carbonyl (C=O) groups is 1. The fraction of sp³-hybridized carbons (Fsp3) is 0.0800. The number of carbonyl (C=O) groups excluding carboxylic acids is 1. The van der Waals surface area contributed by atoms with Crippen molar-refractivity contribution >= 4 is 40.1 Å². The summed E-state index contributed by atoms with van der Waals surface area (Å²) in [6, 6.07) is 23.3. The van der Waals surface area contributed by atoms with E-state index in [-0.39, 0.29) is 17.0 Å². The Labute approximate surface area is 199 Å². The first-order valence-electron chi connectivity index (χ1n) is 10.7. The Morgan fingerprint density at radius 1 is 1.09 bits per heavy atom. The van der Waals surface area contributed by atoms with Gasteiger partial charge in [-0.1, -0.05) is 42.5 Å². The average molecular weight is 462 g/mol. The second kappa shape index (κ2) is 9.36. The number of hydrazone groups is 1. The zero-order valence-electron chi connectivity index (χ0n) is 18.2. The number of nitrogens with zero attached hydrogens (tertiary/aromatic N) is 7. The van der Waals surface area contributed by atoms with Crippen molar-refractivity contribution in [3.8, 4) is 11.8 Å². The number of rotatable bonds is 5. The highest BCUT2D eigenvalue weighted by molar-refractivity contribution is 6.16. The minimum absolute atomic E-state index is 0.0752. The molecule has 0 fully saturated rings. The lowest BCUT2D eigenvalue weighted by atomic mass is 10.0. The number of aromatic nitrogens is 2. The van der Waals surface area contributed by atoms with Crippen molar-refractivity contribution in [3.63, 3.8) is 0 Å². The molecule has 2 heterocycles. The lowest BCUT2D eigenvalue weighted by Gasteiger charge is -2.19. The highest BCUT2D eigenvalue weighted by Crippen LogP contribution is 2.38. The number of fused-ring (bicyclic) bond motifs is 1. The zero-order chi connectivity index (χ0) is 24.2. The largest absolute Gasteiger partial charge is 0.505 e. The summed E-state index contributed by atoms with van der Waals surface area (Å²) < 4.78 is 0. The van der Waals surface area contributed by atoms with Crippen molar-refractivity contribution in [2.75, 3.05) is 10.3 Å². The van der Waals surface area contributed by atoms with Gasteiger partial charge in [0.05, 0.1) is 11.6 Å². The Kier molecular flexibility index (Phi) is 5.80. The molecule has 2 atom stereocenters. The van der Waals surface area contributed by atoms with Crippen LogP contribution in [0.25, 0.3) is 10.8 Å². The smallest absolute Gasteiger partial charge is 0.260 e. The van der Waals surface area contributed by atoms with E-state index in [1.54, 1.807) is 54.6 Å². The molecule has 170 valence electrons. The third kappa shape index (κ3) is 4.26. The van der Waals surface area contributed by atoms with Crippen molar-refractivity contribution in [1.82, 2.24) is 10.2 Å². The lowest BCUT2D eigenvalue weighted by Crippen LogP contribution is -2.30. The number of nitriles is 1. The monoisotopic (exact) mass is 462 g/mol. The molecule has 0 saturated heterocycles. The van der Waals surface area contributed by atoms with Gasteiger partial charge in [0.2, 0.25) is 0 Å². The summed E-state index contributed by atoms with van der Waals surface area (Å²) in [6.07, 6.45) is 2.16. The molecule has 1 aromatic heterocycles. The molecule has 0 bridgehead atoms. The topological polar surface area (TPSA) is 139 Å². The standard InChI is InChI=1S/C25H18N8O2/c26-14-17-15-28-33(21-11-6-12-27-31-21)24(17)32-30-20-13-16-7-4-5-10-19(16)22(23(20)34)25(35)29-18-8-2-1-3-9-18/h1-13,15,17,24,34H,(H,29,35). The molecule has 0 saturated carbocycles. The summed E-state index contributed by atoms with van der Waals surface area (Å²) in [5.41, 5.74) is 0.753. The maximum Gasteiger partial charge on any atom is 0.260 e. The van der Waals surface area contributed by atoms with Crippen LogP contribution in [0.3, 0.4) is 0 Å². The van der Waals surface area contributed by atoms with E-state index in [9.17, 15) is 15.2 Å². The van der Waals surface area contributed by atoms with E-state index in [0.717, 1.165) is 0 Å². The third-order valence-corrected chi connectivity index (χ3v) is 5.41. The summed E-state index contributed by atoms with van der Waals surface area (Å²) in [4.78, 5) is 13.2. The molecule has 0 spiro atoms. The second-order valence-electron chi connectivity index (χ2n) is 7.64. The molecule has 5 rings (SSSR count). The second-order valence-corrected chi connectivity index (χ2v) is 7.64. The summed E-state index contributed by atoms with van der Waals surface area (Å²) in [7, 11) is 0. The number of nitrogens with one attached hydrogen (secondary N) is 1. The van der Waals surface area contributed by atoms with Crippen molar-refractivity contribution in [3.05, 3.63) is 84.6 Å². The van der Waals surface area contributed by atoms with E-state index < -0.39 is 18.0 Å². The van der Waals surface area contributed by atoms with Gasteiger partial charge in [-0.05, 0) is 41.1 Å². The Balaban J connectivity index is 1.54.